The smallest absolute Gasteiger partial charge is 0.101 e. The van der Waals surface area contributed by atoms with Crippen molar-refractivity contribution in [3.05, 3.63) is 17.7 Å². The topological polar surface area (TPSA) is 102 Å². The molecule has 56 valence electrons. The quantitative estimate of drug-likeness (QED) is 0.460. The molecule has 0 bridgehead atoms. The monoisotopic (exact) mass is 148 g/mol. The van der Waals surface area contributed by atoms with Crippen molar-refractivity contribution in [1.29, 1.82) is 5.26 Å². The summed E-state index contributed by atoms with van der Waals surface area (Å²) in [5, 5.41) is 8.51. The molecule has 1 rings (SSSR count). The average molecular weight is 148 g/mol. The summed E-state index contributed by atoms with van der Waals surface area (Å²) >= 11 is 0. The molecule has 1 aromatic carbocycles. The number of hydrogen-bond donors (Lipinski definition) is 3. The van der Waals surface area contributed by atoms with E-state index in [2.05, 4.69) is 0 Å². The molecule has 0 aliphatic rings. The molecule has 11 heavy (non-hydrogen) atoms. The molecular weight excluding hydrogens is 140 g/mol. The molecule has 1 aromatic rings. The second kappa shape index (κ2) is 2.39. The Hall–Kier alpha value is -1.89. The Labute approximate surface area is 64.2 Å². The second-order valence-corrected chi connectivity index (χ2v) is 2.14. The van der Waals surface area contributed by atoms with Gasteiger partial charge in [0.05, 0.1) is 22.6 Å². The van der Waals surface area contributed by atoms with E-state index in [-0.39, 0.29) is 11.4 Å². The molecule has 0 aromatic heterocycles. The number of anilines is 3. The molecule has 6 N–H and O–H groups in total. The van der Waals surface area contributed by atoms with Crippen molar-refractivity contribution >= 4 is 17.1 Å². The van der Waals surface area contributed by atoms with Crippen molar-refractivity contribution in [2.24, 2.45) is 0 Å². The van der Waals surface area contributed by atoms with Crippen LogP contribution in [0, 0.1) is 11.3 Å². The highest BCUT2D eigenvalue weighted by Crippen LogP contribution is 2.25. The number of benzene rings is 1. The number of nitriles is 1. The van der Waals surface area contributed by atoms with Gasteiger partial charge in [0.15, 0.2) is 0 Å². The van der Waals surface area contributed by atoms with Gasteiger partial charge in [-0.3, -0.25) is 0 Å². The predicted molar refractivity (Wildman–Crippen MR) is 44.4 cm³/mol. The first-order valence-electron chi connectivity index (χ1n) is 3.00. The first-order valence-corrected chi connectivity index (χ1v) is 3.00. The fourth-order valence-electron chi connectivity index (χ4n) is 0.751. The van der Waals surface area contributed by atoms with Gasteiger partial charge in [-0.2, -0.15) is 5.26 Å². The van der Waals surface area contributed by atoms with Crippen molar-refractivity contribution in [3.63, 3.8) is 0 Å². The van der Waals surface area contributed by atoms with Crippen LogP contribution in [0.25, 0.3) is 0 Å². The Kier molecular flexibility index (Phi) is 1.57. The van der Waals surface area contributed by atoms with Crippen molar-refractivity contribution in [2.45, 2.75) is 0 Å². The molecule has 4 heteroatoms. The lowest BCUT2D eigenvalue weighted by molar-refractivity contribution is 1.48. The zero-order valence-corrected chi connectivity index (χ0v) is 5.83. The minimum Gasteiger partial charge on any atom is -0.397 e. The Balaban J connectivity index is 3.40. The van der Waals surface area contributed by atoms with Gasteiger partial charge in [0, 0.05) is 0 Å². The molecule has 0 saturated carbocycles. The molecule has 4 nitrogen and oxygen atoms in total. The highest BCUT2D eigenvalue weighted by Gasteiger charge is 2.03. The van der Waals surface area contributed by atoms with Crippen molar-refractivity contribution < 1.29 is 0 Å². The van der Waals surface area contributed by atoms with Crippen LogP contribution in [0.1, 0.15) is 5.56 Å². The summed E-state index contributed by atoms with van der Waals surface area (Å²) in [5.74, 6) is 0. The van der Waals surface area contributed by atoms with Gasteiger partial charge >= 0.3 is 0 Å². The zero-order chi connectivity index (χ0) is 8.43. The van der Waals surface area contributed by atoms with E-state index in [0.717, 1.165) is 0 Å². The summed E-state index contributed by atoms with van der Waals surface area (Å²) < 4.78 is 0. The van der Waals surface area contributed by atoms with Gasteiger partial charge in [-0.25, -0.2) is 0 Å². The van der Waals surface area contributed by atoms with Gasteiger partial charge < -0.3 is 17.2 Å². The van der Waals surface area contributed by atoms with E-state index < -0.39 is 0 Å². The molecule has 0 heterocycles. The first-order chi connectivity index (χ1) is 5.16. The van der Waals surface area contributed by atoms with Crippen LogP contribution >= 0.6 is 0 Å². The Bertz CT molecular complexity index is 324. The minimum atomic E-state index is 0.257. The number of rotatable bonds is 0. The largest absolute Gasteiger partial charge is 0.397 e. The van der Waals surface area contributed by atoms with Crippen molar-refractivity contribution in [1.82, 2.24) is 0 Å². The lowest BCUT2D eigenvalue weighted by atomic mass is 10.1. The van der Waals surface area contributed by atoms with Crippen molar-refractivity contribution in [2.75, 3.05) is 17.2 Å². The lowest BCUT2D eigenvalue weighted by Crippen LogP contribution is -2.01. The molecule has 0 radical (unpaired) electrons. The molecule has 0 spiro atoms. The Morgan fingerprint density at radius 1 is 1.09 bits per heavy atom. The fourth-order valence-corrected chi connectivity index (χ4v) is 0.751. The van der Waals surface area contributed by atoms with Gasteiger partial charge in [0.25, 0.3) is 0 Å². The molecule has 0 aliphatic carbocycles. The van der Waals surface area contributed by atoms with E-state index in [1.807, 2.05) is 6.07 Å². The highest BCUT2D eigenvalue weighted by atomic mass is 14.7. The summed E-state index contributed by atoms with van der Waals surface area (Å²) in [5.41, 5.74) is 17.7. The first kappa shape index (κ1) is 7.22. The van der Waals surface area contributed by atoms with Crippen LogP contribution in [0.2, 0.25) is 0 Å². The van der Waals surface area contributed by atoms with Crippen LogP contribution in [0.5, 0.6) is 0 Å². The van der Waals surface area contributed by atoms with Crippen LogP contribution in [-0.2, 0) is 0 Å². The van der Waals surface area contributed by atoms with Gasteiger partial charge in [-0.1, -0.05) is 0 Å². The summed E-state index contributed by atoms with van der Waals surface area (Å²) in [6, 6.07) is 5.01. The van der Waals surface area contributed by atoms with Gasteiger partial charge in [-0.15, -0.1) is 0 Å². The molecule has 0 amide bonds. The molecule has 0 unspecified atom stereocenters. The van der Waals surface area contributed by atoms with Crippen LogP contribution in [0.3, 0.4) is 0 Å². The number of hydrogen-bond acceptors (Lipinski definition) is 4. The molecular formula is C7H8N4. The third-order valence-corrected chi connectivity index (χ3v) is 1.44. The SMILES string of the molecule is N#Cc1ccc(N)c(N)c1N. The Morgan fingerprint density at radius 2 is 1.73 bits per heavy atom. The van der Waals surface area contributed by atoms with Crippen molar-refractivity contribution in [3.8, 4) is 6.07 Å². The van der Waals surface area contributed by atoms with Crippen LogP contribution in [0.4, 0.5) is 17.1 Å². The van der Waals surface area contributed by atoms with E-state index in [0.29, 0.717) is 11.3 Å². The standard InChI is InChI=1S/C7H8N4/c8-3-4-1-2-5(9)7(11)6(4)10/h1-2H,9-11H2. The molecule has 0 aliphatic heterocycles. The number of nitrogens with two attached hydrogens (primary N) is 3. The van der Waals surface area contributed by atoms with E-state index in [1.165, 1.54) is 0 Å². The van der Waals surface area contributed by atoms with E-state index in [1.54, 1.807) is 12.1 Å². The fraction of sp³-hybridized carbons (Fsp3) is 0. The Morgan fingerprint density at radius 3 is 2.27 bits per heavy atom. The normalized spacial score (nSPS) is 9.00. The second-order valence-electron chi connectivity index (χ2n) is 2.14. The van der Waals surface area contributed by atoms with Crippen LogP contribution < -0.4 is 17.2 Å². The van der Waals surface area contributed by atoms with Crippen LogP contribution in [-0.4, -0.2) is 0 Å². The maximum atomic E-state index is 8.51. The maximum absolute atomic E-state index is 8.51. The average Bonchev–Trinajstić information content (AvgIpc) is 2.01. The van der Waals surface area contributed by atoms with E-state index in [9.17, 15) is 0 Å². The number of nitrogen functional groups attached to an aromatic ring is 3. The molecule has 0 fully saturated rings. The summed E-state index contributed by atoms with van der Waals surface area (Å²) in [4.78, 5) is 0. The van der Waals surface area contributed by atoms with Gasteiger partial charge in [0.1, 0.15) is 6.07 Å². The highest BCUT2D eigenvalue weighted by molar-refractivity contribution is 5.81. The lowest BCUT2D eigenvalue weighted by Gasteiger charge is -2.03. The maximum Gasteiger partial charge on any atom is 0.101 e. The molecule has 0 atom stereocenters. The predicted octanol–water partition coefficient (Wildman–Crippen LogP) is 0.305. The third kappa shape index (κ3) is 1.03. The number of nitrogens with zero attached hydrogens (tertiary/aromatic N) is 1. The van der Waals surface area contributed by atoms with E-state index in [4.69, 9.17) is 22.5 Å². The minimum absolute atomic E-state index is 0.257. The third-order valence-electron chi connectivity index (χ3n) is 1.44. The van der Waals surface area contributed by atoms with Gasteiger partial charge in [-0.05, 0) is 12.1 Å². The van der Waals surface area contributed by atoms with Crippen LogP contribution in [0.15, 0.2) is 12.1 Å². The van der Waals surface area contributed by atoms with E-state index >= 15 is 0 Å². The van der Waals surface area contributed by atoms with Gasteiger partial charge in [0.2, 0.25) is 0 Å². The summed E-state index contributed by atoms with van der Waals surface area (Å²) in [6.07, 6.45) is 0. The zero-order valence-electron chi connectivity index (χ0n) is 5.83. The summed E-state index contributed by atoms with van der Waals surface area (Å²) in [7, 11) is 0. The molecule has 0 saturated heterocycles. The summed E-state index contributed by atoms with van der Waals surface area (Å²) in [6.45, 7) is 0.